The Labute approximate surface area is 171 Å². The van der Waals surface area contributed by atoms with Crippen LogP contribution in [0.3, 0.4) is 0 Å². The first-order valence-corrected chi connectivity index (χ1v) is 9.79. The third-order valence-corrected chi connectivity index (χ3v) is 5.39. The minimum atomic E-state index is -0.637. The minimum absolute atomic E-state index is 0.116. The molecule has 2 aromatic heterocycles. The average Bonchev–Trinajstić information content (AvgIpc) is 3.03. The van der Waals surface area contributed by atoms with Crippen LogP contribution in [0, 0.1) is 13.8 Å². The Bertz CT molecular complexity index is 932. The molecule has 0 saturated carbocycles. The maximum absolute atomic E-state index is 12.8. The summed E-state index contributed by atoms with van der Waals surface area (Å²) in [5.74, 6) is -1.76. The fourth-order valence-electron chi connectivity index (χ4n) is 2.55. The number of aromatic nitrogens is 2. The van der Waals surface area contributed by atoms with Crippen LogP contribution in [-0.2, 0) is 16.5 Å². The highest BCUT2D eigenvalue weighted by Crippen LogP contribution is 2.35. The summed E-state index contributed by atoms with van der Waals surface area (Å²) in [4.78, 5) is 37.8. The van der Waals surface area contributed by atoms with E-state index in [0.29, 0.717) is 11.3 Å². The quantitative estimate of drug-likeness (QED) is 0.705. The van der Waals surface area contributed by atoms with E-state index in [9.17, 15) is 14.4 Å². The van der Waals surface area contributed by atoms with Crippen molar-refractivity contribution in [1.29, 1.82) is 0 Å². The lowest BCUT2D eigenvalue weighted by molar-refractivity contribution is 0.0379. The van der Waals surface area contributed by atoms with E-state index in [0.717, 1.165) is 11.3 Å². The topological polar surface area (TPSA) is 99.5 Å². The highest BCUT2D eigenvalue weighted by Gasteiger charge is 2.29. The lowest BCUT2D eigenvalue weighted by Crippen LogP contribution is -2.19. The molecule has 1 amide bonds. The molecule has 1 N–H and O–H groups in total. The van der Waals surface area contributed by atoms with Crippen LogP contribution >= 0.6 is 22.9 Å². The molecule has 0 aliphatic heterocycles. The molecule has 0 saturated heterocycles. The number of aryl methyl sites for hydroxylation is 2. The molecule has 28 heavy (non-hydrogen) atoms. The van der Waals surface area contributed by atoms with E-state index < -0.39 is 17.8 Å². The summed E-state index contributed by atoms with van der Waals surface area (Å²) in [7, 11) is 1.59. The Hall–Kier alpha value is -2.39. The smallest absolute Gasteiger partial charge is 0.348 e. The van der Waals surface area contributed by atoms with E-state index in [1.165, 1.54) is 4.68 Å². The monoisotopic (exact) mass is 427 g/mol. The van der Waals surface area contributed by atoms with Gasteiger partial charge < -0.3 is 14.8 Å². The van der Waals surface area contributed by atoms with Gasteiger partial charge in [0, 0.05) is 7.05 Å². The van der Waals surface area contributed by atoms with Gasteiger partial charge in [-0.05, 0) is 40.2 Å². The minimum Gasteiger partial charge on any atom is -0.462 e. The van der Waals surface area contributed by atoms with Gasteiger partial charge in [0.25, 0.3) is 5.91 Å². The number of halogens is 1. The molecule has 2 aromatic rings. The van der Waals surface area contributed by atoms with Crippen LogP contribution in [0.1, 0.15) is 62.5 Å². The molecule has 0 aromatic carbocycles. The molecule has 0 atom stereocenters. The third-order valence-electron chi connectivity index (χ3n) is 3.75. The van der Waals surface area contributed by atoms with Gasteiger partial charge in [0.05, 0.1) is 29.0 Å². The van der Waals surface area contributed by atoms with Crippen molar-refractivity contribution >= 4 is 45.8 Å². The molecule has 152 valence electrons. The van der Waals surface area contributed by atoms with Crippen molar-refractivity contribution < 1.29 is 23.9 Å². The van der Waals surface area contributed by atoms with Crippen molar-refractivity contribution in [2.24, 2.45) is 7.05 Å². The molecule has 0 aliphatic rings. The number of hydrogen-bond donors (Lipinski definition) is 1. The highest BCUT2D eigenvalue weighted by molar-refractivity contribution is 7.18. The van der Waals surface area contributed by atoms with Crippen LogP contribution in [0.15, 0.2) is 0 Å². The lowest BCUT2D eigenvalue weighted by atomic mass is 10.1. The number of carbonyl (C=O) groups is 3. The highest BCUT2D eigenvalue weighted by atomic mass is 35.5. The molecule has 2 heterocycles. The van der Waals surface area contributed by atoms with Gasteiger partial charge >= 0.3 is 11.9 Å². The summed E-state index contributed by atoms with van der Waals surface area (Å²) in [6.07, 6.45) is -0.365. The summed E-state index contributed by atoms with van der Waals surface area (Å²) in [6.45, 7) is 8.58. The van der Waals surface area contributed by atoms with Gasteiger partial charge in [0.2, 0.25) is 0 Å². The van der Waals surface area contributed by atoms with E-state index in [2.05, 4.69) is 10.4 Å². The molecule has 0 aliphatic carbocycles. The number of anilines is 1. The number of hydrogen-bond acceptors (Lipinski definition) is 7. The largest absolute Gasteiger partial charge is 0.462 e. The van der Waals surface area contributed by atoms with Crippen LogP contribution in [0.25, 0.3) is 0 Å². The summed E-state index contributed by atoms with van der Waals surface area (Å²) < 4.78 is 11.7. The Morgan fingerprint density at radius 2 is 1.89 bits per heavy atom. The van der Waals surface area contributed by atoms with Crippen molar-refractivity contribution in [3.63, 3.8) is 0 Å². The number of esters is 2. The van der Waals surface area contributed by atoms with Crippen molar-refractivity contribution in [2.45, 2.75) is 40.7 Å². The maximum Gasteiger partial charge on any atom is 0.348 e. The van der Waals surface area contributed by atoms with Gasteiger partial charge in [-0.25, -0.2) is 9.59 Å². The zero-order valence-electron chi connectivity index (χ0n) is 16.5. The zero-order chi connectivity index (χ0) is 21.2. The Balaban J connectivity index is 2.49. The Morgan fingerprint density at radius 1 is 1.25 bits per heavy atom. The van der Waals surface area contributed by atoms with Crippen LogP contribution < -0.4 is 5.32 Å². The molecule has 0 bridgehead atoms. The maximum atomic E-state index is 12.8. The van der Waals surface area contributed by atoms with Crippen LogP contribution in [-0.4, -0.2) is 40.3 Å². The van der Waals surface area contributed by atoms with Crippen LogP contribution in [0.5, 0.6) is 0 Å². The van der Waals surface area contributed by atoms with Gasteiger partial charge in [-0.2, -0.15) is 5.10 Å². The SMILES string of the molecule is CCOC(=O)c1sc(NC(=O)c2c(Cl)c(C)nn2C)c(C(=O)OC(C)C)c1C. The fraction of sp³-hybridized carbons (Fsp3) is 0.444. The number of nitrogens with zero attached hydrogens (tertiary/aromatic N) is 2. The van der Waals surface area contributed by atoms with E-state index >= 15 is 0 Å². The Kier molecular flexibility index (Phi) is 6.84. The second-order valence-corrected chi connectivity index (χ2v) is 7.66. The first-order valence-electron chi connectivity index (χ1n) is 8.60. The molecule has 0 fully saturated rings. The first-order chi connectivity index (χ1) is 13.1. The molecule has 8 nitrogen and oxygen atoms in total. The summed E-state index contributed by atoms with van der Waals surface area (Å²) in [5.41, 5.74) is 1.15. The fourth-order valence-corrected chi connectivity index (χ4v) is 3.88. The molecule has 0 unspecified atom stereocenters. The third kappa shape index (κ3) is 4.36. The summed E-state index contributed by atoms with van der Waals surface area (Å²) in [6, 6.07) is 0. The van der Waals surface area contributed by atoms with E-state index in [4.69, 9.17) is 21.1 Å². The van der Waals surface area contributed by atoms with E-state index in [-0.39, 0.29) is 38.9 Å². The van der Waals surface area contributed by atoms with Gasteiger partial charge in [0.1, 0.15) is 15.6 Å². The zero-order valence-corrected chi connectivity index (χ0v) is 18.1. The number of thiophene rings is 1. The second-order valence-electron chi connectivity index (χ2n) is 6.26. The molecule has 0 spiro atoms. The predicted octanol–water partition coefficient (Wildman–Crippen LogP) is 3.75. The summed E-state index contributed by atoms with van der Waals surface area (Å²) >= 11 is 7.12. The predicted molar refractivity (Wildman–Crippen MR) is 106 cm³/mol. The van der Waals surface area contributed by atoms with Crippen molar-refractivity contribution in [3.05, 3.63) is 32.4 Å². The average molecular weight is 428 g/mol. The number of carbonyl (C=O) groups excluding carboxylic acids is 3. The summed E-state index contributed by atoms with van der Waals surface area (Å²) in [5, 5.41) is 7.17. The molecular formula is C18H22ClN3O5S. The Morgan fingerprint density at radius 3 is 2.39 bits per heavy atom. The van der Waals surface area contributed by atoms with Gasteiger partial charge in [-0.1, -0.05) is 11.6 Å². The number of nitrogens with one attached hydrogen (secondary N) is 1. The normalized spacial score (nSPS) is 10.9. The second kappa shape index (κ2) is 8.74. The van der Waals surface area contributed by atoms with Crippen molar-refractivity contribution in [1.82, 2.24) is 9.78 Å². The lowest BCUT2D eigenvalue weighted by Gasteiger charge is -2.10. The molecule has 0 radical (unpaired) electrons. The van der Waals surface area contributed by atoms with Crippen molar-refractivity contribution in [3.8, 4) is 0 Å². The number of amides is 1. The van der Waals surface area contributed by atoms with Gasteiger partial charge in [-0.15, -0.1) is 11.3 Å². The van der Waals surface area contributed by atoms with E-state index in [1.54, 1.807) is 41.7 Å². The number of ether oxygens (including phenoxy) is 2. The van der Waals surface area contributed by atoms with Crippen LogP contribution in [0.4, 0.5) is 5.00 Å². The van der Waals surface area contributed by atoms with Gasteiger partial charge in [-0.3, -0.25) is 9.48 Å². The van der Waals surface area contributed by atoms with E-state index in [1.807, 2.05) is 0 Å². The standard InChI is InChI=1S/C18H22ClN3O5S/c1-7-26-18(25)14-9(4)11(17(24)27-8(2)3)16(28-14)20-15(23)13-12(19)10(5)21-22(13)6/h8H,7H2,1-6H3,(H,20,23). The molecule has 2 rings (SSSR count). The van der Waals surface area contributed by atoms with Gasteiger partial charge in [0.15, 0.2) is 0 Å². The van der Waals surface area contributed by atoms with Crippen molar-refractivity contribution in [2.75, 3.05) is 11.9 Å². The number of rotatable bonds is 6. The molecule has 10 heteroatoms. The first kappa shape index (κ1) is 21.9. The van der Waals surface area contributed by atoms with Crippen LogP contribution in [0.2, 0.25) is 5.02 Å². The molecular weight excluding hydrogens is 406 g/mol.